The Morgan fingerprint density at radius 3 is 2.53 bits per heavy atom. The molecule has 1 rings (SSSR count). The van der Waals surface area contributed by atoms with E-state index in [1.165, 1.54) is 0 Å². The van der Waals surface area contributed by atoms with Crippen molar-refractivity contribution in [3.63, 3.8) is 0 Å². The van der Waals surface area contributed by atoms with Crippen molar-refractivity contribution >= 4 is 5.69 Å². The van der Waals surface area contributed by atoms with Crippen LogP contribution in [0.3, 0.4) is 0 Å². The van der Waals surface area contributed by atoms with Crippen LogP contribution in [0, 0.1) is 10.1 Å². The number of nitro groups is 1. The van der Waals surface area contributed by atoms with Crippen LogP contribution in [-0.4, -0.2) is 29.9 Å². The maximum Gasteiger partial charge on any atom is 0.376 e. The van der Waals surface area contributed by atoms with Crippen molar-refractivity contribution in [2.24, 2.45) is 0 Å². The van der Waals surface area contributed by atoms with Gasteiger partial charge in [-0.3, -0.25) is 10.1 Å². The van der Waals surface area contributed by atoms with Crippen molar-refractivity contribution in [2.45, 2.75) is 6.23 Å². The van der Waals surface area contributed by atoms with Gasteiger partial charge >= 0.3 is 6.23 Å². The lowest BCUT2D eigenvalue weighted by atomic mass is 10.3. The summed E-state index contributed by atoms with van der Waals surface area (Å²) in [5, 5.41) is 22.0. The SMILES string of the molecule is CNc1ccc(OC(CO)[N+](=O)[O-])cc1. The first-order chi connectivity index (χ1) is 7.17. The van der Waals surface area contributed by atoms with Gasteiger partial charge in [-0.1, -0.05) is 0 Å². The van der Waals surface area contributed by atoms with E-state index in [0.29, 0.717) is 5.75 Å². The Labute approximate surface area is 86.6 Å². The van der Waals surface area contributed by atoms with Crippen LogP contribution in [0.1, 0.15) is 0 Å². The molecule has 82 valence electrons. The third kappa shape index (κ3) is 3.10. The van der Waals surface area contributed by atoms with E-state index in [9.17, 15) is 10.1 Å². The van der Waals surface area contributed by atoms with Crippen LogP contribution in [0.25, 0.3) is 0 Å². The predicted molar refractivity (Wildman–Crippen MR) is 54.5 cm³/mol. The Morgan fingerprint density at radius 1 is 1.53 bits per heavy atom. The number of aliphatic hydroxyl groups is 1. The number of rotatable bonds is 5. The summed E-state index contributed by atoms with van der Waals surface area (Å²) >= 11 is 0. The van der Waals surface area contributed by atoms with E-state index in [2.05, 4.69) is 5.32 Å². The first kappa shape index (κ1) is 11.3. The quantitative estimate of drug-likeness (QED) is 0.426. The molecular weight excluding hydrogens is 200 g/mol. The zero-order chi connectivity index (χ0) is 11.3. The molecule has 0 bridgehead atoms. The summed E-state index contributed by atoms with van der Waals surface area (Å²) in [5.41, 5.74) is 0.879. The van der Waals surface area contributed by atoms with Crippen molar-refractivity contribution in [3.8, 4) is 5.75 Å². The third-order valence-corrected chi connectivity index (χ3v) is 1.81. The van der Waals surface area contributed by atoms with Gasteiger partial charge in [0.1, 0.15) is 12.4 Å². The van der Waals surface area contributed by atoms with Crippen LogP contribution >= 0.6 is 0 Å². The summed E-state index contributed by atoms with van der Waals surface area (Å²) in [5.74, 6) is 0.352. The molecule has 1 aromatic rings. The maximum absolute atomic E-state index is 10.4. The number of benzene rings is 1. The molecule has 0 saturated heterocycles. The second-order valence-electron chi connectivity index (χ2n) is 2.81. The molecule has 0 radical (unpaired) electrons. The standard InChI is InChI=1S/C9H12N2O4/c1-10-7-2-4-8(5-3-7)15-9(6-12)11(13)14/h2-5,9-10,12H,6H2,1H3. The van der Waals surface area contributed by atoms with E-state index in [4.69, 9.17) is 9.84 Å². The molecule has 6 nitrogen and oxygen atoms in total. The number of anilines is 1. The number of hydrogen-bond donors (Lipinski definition) is 2. The highest BCUT2D eigenvalue weighted by Crippen LogP contribution is 2.16. The van der Waals surface area contributed by atoms with E-state index in [1.807, 2.05) is 0 Å². The molecule has 0 aliphatic rings. The van der Waals surface area contributed by atoms with Crippen LogP contribution in [-0.2, 0) is 0 Å². The maximum atomic E-state index is 10.4. The summed E-state index contributed by atoms with van der Waals surface area (Å²) in [6.45, 7) is -0.652. The average molecular weight is 212 g/mol. The molecule has 0 aromatic heterocycles. The molecule has 0 spiro atoms. The highest BCUT2D eigenvalue weighted by Gasteiger charge is 2.19. The molecule has 6 heteroatoms. The smallest absolute Gasteiger partial charge is 0.376 e. The molecule has 0 aliphatic carbocycles. The molecule has 0 saturated carbocycles. The predicted octanol–water partition coefficient (Wildman–Crippen LogP) is 0.702. The molecule has 15 heavy (non-hydrogen) atoms. The summed E-state index contributed by atoms with van der Waals surface area (Å²) in [6.07, 6.45) is -1.41. The Bertz CT molecular complexity index is 325. The average Bonchev–Trinajstić information content (AvgIpc) is 2.26. The minimum atomic E-state index is -1.41. The third-order valence-electron chi connectivity index (χ3n) is 1.81. The van der Waals surface area contributed by atoms with E-state index in [0.717, 1.165) is 5.69 Å². The number of aliphatic hydroxyl groups excluding tert-OH is 1. The van der Waals surface area contributed by atoms with Crippen LogP contribution in [0.2, 0.25) is 0 Å². The molecule has 1 unspecified atom stereocenters. The van der Waals surface area contributed by atoms with Crippen LogP contribution in [0.5, 0.6) is 5.75 Å². The summed E-state index contributed by atoms with van der Waals surface area (Å²) < 4.78 is 4.95. The molecule has 1 atom stereocenters. The lowest BCUT2D eigenvalue weighted by Crippen LogP contribution is -2.30. The normalized spacial score (nSPS) is 11.9. The summed E-state index contributed by atoms with van der Waals surface area (Å²) in [7, 11) is 1.77. The van der Waals surface area contributed by atoms with Gasteiger partial charge in [-0.15, -0.1) is 0 Å². The van der Waals surface area contributed by atoms with Crippen molar-refractivity contribution in [1.82, 2.24) is 0 Å². The van der Waals surface area contributed by atoms with Crippen molar-refractivity contribution in [1.29, 1.82) is 0 Å². The zero-order valence-electron chi connectivity index (χ0n) is 8.21. The van der Waals surface area contributed by atoms with Gasteiger partial charge in [0.2, 0.25) is 0 Å². The van der Waals surface area contributed by atoms with Crippen LogP contribution in [0.4, 0.5) is 5.69 Å². The van der Waals surface area contributed by atoms with Crippen molar-refractivity contribution < 1.29 is 14.8 Å². The first-order valence-corrected chi connectivity index (χ1v) is 4.36. The largest absolute Gasteiger partial charge is 0.428 e. The monoisotopic (exact) mass is 212 g/mol. The molecule has 0 aliphatic heterocycles. The number of hydrogen-bond acceptors (Lipinski definition) is 5. The highest BCUT2D eigenvalue weighted by molar-refractivity contribution is 5.45. The fraction of sp³-hybridized carbons (Fsp3) is 0.333. The van der Waals surface area contributed by atoms with Gasteiger partial charge < -0.3 is 15.2 Å². The molecule has 0 fully saturated rings. The Hall–Kier alpha value is -1.82. The van der Waals surface area contributed by atoms with Gasteiger partial charge in [0.25, 0.3) is 0 Å². The van der Waals surface area contributed by atoms with Crippen LogP contribution in [0.15, 0.2) is 24.3 Å². The topological polar surface area (TPSA) is 84.6 Å². The second-order valence-corrected chi connectivity index (χ2v) is 2.81. The zero-order valence-corrected chi connectivity index (χ0v) is 8.21. The summed E-state index contributed by atoms with van der Waals surface area (Å²) in [4.78, 5) is 9.69. The lowest BCUT2D eigenvalue weighted by molar-refractivity contribution is -0.565. The number of ether oxygens (including phenoxy) is 1. The van der Waals surface area contributed by atoms with Crippen molar-refractivity contribution in [3.05, 3.63) is 34.4 Å². The van der Waals surface area contributed by atoms with E-state index in [1.54, 1.807) is 31.3 Å². The van der Waals surface area contributed by atoms with Gasteiger partial charge in [0.05, 0.1) is 4.92 Å². The van der Waals surface area contributed by atoms with Crippen molar-refractivity contribution in [2.75, 3.05) is 19.0 Å². The minimum absolute atomic E-state index is 0.352. The second kappa shape index (κ2) is 5.16. The Morgan fingerprint density at radius 2 is 2.13 bits per heavy atom. The molecule has 0 heterocycles. The van der Waals surface area contributed by atoms with Gasteiger partial charge in [-0.25, -0.2) is 0 Å². The summed E-state index contributed by atoms with van der Waals surface area (Å²) in [6, 6.07) is 6.64. The van der Waals surface area contributed by atoms with E-state index < -0.39 is 17.8 Å². The number of nitrogens with one attached hydrogen (secondary N) is 1. The van der Waals surface area contributed by atoms with Gasteiger partial charge in [0.15, 0.2) is 0 Å². The Kier molecular flexibility index (Phi) is 3.87. The molecule has 0 amide bonds. The fourth-order valence-electron chi connectivity index (χ4n) is 1.00. The van der Waals surface area contributed by atoms with Crippen LogP contribution < -0.4 is 10.1 Å². The molecular formula is C9H12N2O4. The molecule has 1 aromatic carbocycles. The fourth-order valence-corrected chi connectivity index (χ4v) is 1.00. The van der Waals surface area contributed by atoms with Gasteiger partial charge in [0, 0.05) is 12.7 Å². The first-order valence-electron chi connectivity index (χ1n) is 4.36. The molecule has 2 N–H and O–H groups in total. The van der Waals surface area contributed by atoms with E-state index >= 15 is 0 Å². The lowest BCUT2D eigenvalue weighted by Gasteiger charge is -2.09. The number of nitrogens with zero attached hydrogens (tertiary/aromatic N) is 1. The van der Waals surface area contributed by atoms with Gasteiger partial charge in [-0.2, -0.15) is 0 Å². The van der Waals surface area contributed by atoms with Gasteiger partial charge in [-0.05, 0) is 24.3 Å². The van der Waals surface area contributed by atoms with E-state index in [-0.39, 0.29) is 0 Å². The minimum Gasteiger partial charge on any atom is -0.428 e. The highest BCUT2D eigenvalue weighted by atomic mass is 16.7. The Balaban J connectivity index is 2.67.